The third kappa shape index (κ3) is 1.91. The fourth-order valence-corrected chi connectivity index (χ4v) is 2.16. The number of pyridine rings is 1. The van der Waals surface area contributed by atoms with Crippen LogP contribution >= 0.6 is 15.9 Å². The second-order valence-corrected chi connectivity index (χ2v) is 5.36. The zero-order valence-corrected chi connectivity index (χ0v) is 10.6. The van der Waals surface area contributed by atoms with Gasteiger partial charge in [0.2, 0.25) is 5.95 Å². The lowest BCUT2D eigenvalue weighted by Gasteiger charge is -1.97. The Hall–Kier alpha value is -1.10. The first-order valence-corrected chi connectivity index (χ1v) is 6.27. The van der Waals surface area contributed by atoms with Crippen LogP contribution in [0.1, 0.15) is 13.3 Å². The average Bonchev–Trinajstić information content (AvgIpc) is 2.81. The molecule has 2 unspecified atom stereocenters. The van der Waals surface area contributed by atoms with Crippen LogP contribution < -0.4 is 5.32 Å². The molecule has 0 bridgehead atoms. The first kappa shape index (κ1) is 10.1. The SMILES string of the molecule is CC1CC1CNc1nc2ccc(Br)cn2n1. The van der Waals surface area contributed by atoms with Crippen LogP contribution in [0.25, 0.3) is 5.65 Å². The summed E-state index contributed by atoms with van der Waals surface area (Å²) in [7, 11) is 0. The highest BCUT2D eigenvalue weighted by Crippen LogP contribution is 2.37. The fourth-order valence-electron chi connectivity index (χ4n) is 1.84. The second kappa shape index (κ2) is 3.73. The molecule has 1 saturated carbocycles. The van der Waals surface area contributed by atoms with Gasteiger partial charge >= 0.3 is 0 Å². The van der Waals surface area contributed by atoms with Gasteiger partial charge in [-0.1, -0.05) is 6.92 Å². The Kier molecular flexibility index (Phi) is 2.35. The van der Waals surface area contributed by atoms with Gasteiger partial charge in [0.1, 0.15) is 0 Å². The van der Waals surface area contributed by atoms with Gasteiger partial charge < -0.3 is 5.32 Å². The average molecular weight is 281 g/mol. The predicted octanol–water partition coefficient (Wildman–Crippen LogP) is 2.56. The van der Waals surface area contributed by atoms with Crippen LogP contribution in [0, 0.1) is 11.8 Å². The maximum absolute atomic E-state index is 4.40. The summed E-state index contributed by atoms with van der Waals surface area (Å²) in [5, 5.41) is 7.65. The Morgan fingerprint density at radius 1 is 1.56 bits per heavy atom. The quantitative estimate of drug-likeness (QED) is 0.940. The van der Waals surface area contributed by atoms with Gasteiger partial charge in [0, 0.05) is 17.2 Å². The van der Waals surface area contributed by atoms with Crippen molar-refractivity contribution < 1.29 is 0 Å². The van der Waals surface area contributed by atoms with Crippen molar-refractivity contribution in [3.05, 3.63) is 22.8 Å². The summed E-state index contributed by atoms with van der Waals surface area (Å²) in [6.45, 7) is 3.26. The van der Waals surface area contributed by atoms with Crippen molar-refractivity contribution in [2.45, 2.75) is 13.3 Å². The number of nitrogens with one attached hydrogen (secondary N) is 1. The molecule has 16 heavy (non-hydrogen) atoms. The van der Waals surface area contributed by atoms with Gasteiger partial charge in [0.25, 0.3) is 0 Å². The molecule has 84 valence electrons. The summed E-state index contributed by atoms with van der Waals surface area (Å²) < 4.78 is 2.79. The molecular weight excluding hydrogens is 268 g/mol. The second-order valence-electron chi connectivity index (χ2n) is 4.44. The van der Waals surface area contributed by atoms with Gasteiger partial charge in [-0.05, 0) is 46.3 Å². The molecule has 0 aliphatic heterocycles. The minimum Gasteiger partial charge on any atom is -0.353 e. The van der Waals surface area contributed by atoms with E-state index in [9.17, 15) is 0 Å². The van der Waals surface area contributed by atoms with Gasteiger partial charge in [-0.3, -0.25) is 0 Å². The van der Waals surface area contributed by atoms with Crippen LogP contribution in [-0.2, 0) is 0 Å². The van der Waals surface area contributed by atoms with Crippen molar-refractivity contribution in [3.8, 4) is 0 Å². The van der Waals surface area contributed by atoms with Crippen molar-refractivity contribution in [3.63, 3.8) is 0 Å². The van der Waals surface area contributed by atoms with E-state index in [1.54, 1.807) is 4.52 Å². The van der Waals surface area contributed by atoms with Gasteiger partial charge in [0.05, 0.1) is 0 Å². The molecule has 1 N–H and O–H groups in total. The minimum absolute atomic E-state index is 0.720. The lowest BCUT2D eigenvalue weighted by atomic mass is 10.3. The number of aromatic nitrogens is 3. The maximum atomic E-state index is 4.40. The monoisotopic (exact) mass is 280 g/mol. The first-order chi connectivity index (χ1) is 7.72. The van der Waals surface area contributed by atoms with E-state index in [1.807, 2.05) is 18.3 Å². The van der Waals surface area contributed by atoms with Crippen molar-refractivity contribution in [1.29, 1.82) is 0 Å². The number of anilines is 1. The molecule has 1 fully saturated rings. The third-order valence-corrected chi connectivity index (χ3v) is 3.56. The van der Waals surface area contributed by atoms with E-state index in [4.69, 9.17) is 0 Å². The fraction of sp³-hybridized carbons (Fsp3) is 0.455. The standard InChI is InChI=1S/C11H13BrN4/c1-7-4-8(7)5-13-11-14-10-3-2-9(12)6-16(10)15-11/h2-3,6-8H,4-5H2,1H3,(H,13,15). The molecule has 1 aliphatic rings. The molecule has 2 atom stereocenters. The molecule has 0 spiro atoms. The summed E-state index contributed by atoms with van der Waals surface area (Å²) >= 11 is 3.41. The van der Waals surface area contributed by atoms with E-state index in [0.717, 1.165) is 34.4 Å². The molecule has 0 radical (unpaired) electrons. The van der Waals surface area contributed by atoms with Crippen molar-refractivity contribution in [2.75, 3.05) is 11.9 Å². The predicted molar refractivity (Wildman–Crippen MR) is 66.4 cm³/mol. The summed E-state index contributed by atoms with van der Waals surface area (Å²) in [4.78, 5) is 4.40. The van der Waals surface area contributed by atoms with Crippen molar-refractivity contribution in [1.82, 2.24) is 14.6 Å². The topological polar surface area (TPSA) is 42.2 Å². The minimum atomic E-state index is 0.720. The number of fused-ring (bicyclic) bond motifs is 1. The van der Waals surface area contributed by atoms with Crippen LogP contribution in [0.3, 0.4) is 0 Å². The van der Waals surface area contributed by atoms with Gasteiger partial charge in [-0.2, -0.15) is 4.98 Å². The van der Waals surface area contributed by atoms with Gasteiger partial charge in [-0.25, -0.2) is 4.52 Å². The van der Waals surface area contributed by atoms with Crippen LogP contribution in [0.4, 0.5) is 5.95 Å². The molecule has 2 aromatic heterocycles. The lowest BCUT2D eigenvalue weighted by Crippen LogP contribution is -2.05. The highest BCUT2D eigenvalue weighted by atomic mass is 79.9. The molecule has 2 heterocycles. The molecule has 1 aliphatic carbocycles. The number of hydrogen-bond acceptors (Lipinski definition) is 3. The summed E-state index contributed by atoms with van der Waals surface area (Å²) in [5.74, 6) is 2.38. The summed E-state index contributed by atoms with van der Waals surface area (Å²) in [5.41, 5.74) is 0.870. The van der Waals surface area contributed by atoms with E-state index in [1.165, 1.54) is 6.42 Å². The van der Waals surface area contributed by atoms with Crippen molar-refractivity contribution >= 4 is 27.5 Å². The van der Waals surface area contributed by atoms with E-state index >= 15 is 0 Å². The molecule has 4 nitrogen and oxygen atoms in total. The molecule has 2 aromatic rings. The van der Waals surface area contributed by atoms with E-state index in [-0.39, 0.29) is 0 Å². The summed E-state index contributed by atoms with van der Waals surface area (Å²) in [6.07, 6.45) is 3.24. The maximum Gasteiger partial charge on any atom is 0.243 e. The normalized spacial score (nSPS) is 23.6. The molecule has 3 rings (SSSR count). The lowest BCUT2D eigenvalue weighted by molar-refractivity contribution is 0.780. The van der Waals surface area contributed by atoms with Crippen molar-refractivity contribution in [2.24, 2.45) is 11.8 Å². The zero-order valence-electron chi connectivity index (χ0n) is 9.02. The van der Waals surface area contributed by atoms with Gasteiger partial charge in [0.15, 0.2) is 5.65 Å². The Labute approximate surface area is 102 Å². The molecule has 5 heteroatoms. The van der Waals surface area contributed by atoms with Crippen LogP contribution in [0.2, 0.25) is 0 Å². The Bertz CT molecular complexity index is 522. The molecule has 0 amide bonds. The first-order valence-electron chi connectivity index (χ1n) is 5.48. The van der Waals surface area contributed by atoms with E-state index in [0.29, 0.717) is 0 Å². The molecular formula is C11H13BrN4. The Balaban J connectivity index is 1.77. The van der Waals surface area contributed by atoms with Gasteiger partial charge in [-0.15, -0.1) is 5.10 Å². The number of halogens is 1. The molecule has 0 aromatic carbocycles. The highest BCUT2D eigenvalue weighted by molar-refractivity contribution is 9.10. The van der Waals surface area contributed by atoms with E-state index < -0.39 is 0 Å². The highest BCUT2D eigenvalue weighted by Gasteiger charge is 2.32. The van der Waals surface area contributed by atoms with Crippen LogP contribution in [-0.4, -0.2) is 21.1 Å². The third-order valence-electron chi connectivity index (χ3n) is 3.09. The van der Waals surface area contributed by atoms with E-state index in [2.05, 4.69) is 38.3 Å². The number of hydrogen-bond donors (Lipinski definition) is 1. The number of rotatable bonds is 3. The zero-order chi connectivity index (χ0) is 11.1. The number of nitrogens with zero attached hydrogens (tertiary/aromatic N) is 3. The Morgan fingerprint density at radius 3 is 3.12 bits per heavy atom. The largest absolute Gasteiger partial charge is 0.353 e. The van der Waals surface area contributed by atoms with Crippen LogP contribution in [0.15, 0.2) is 22.8 Å². The summed E-state index contributed by atoms with van der Waals surface area (Å²) in [6, 6.07) is 3.92. The smallest absolute Gasteiger partial charge is 0.243 e. The Morgan fingerprint density at radius 2 is 2.38 bits per heavy atom. The molecule has 0 saturated heterocycles. The van der Waals surface area contributed by atoms with Crippen LogP contribution in [0.5, 0.6) is 0 Å².